The average molecular weight is 298 g/mol. The molecule has 6 heteroatoms. The Hall–Kier alpha value is -1.59. The summed E-state index contributed by atoms with van der Waals surface area (Å²) >= 11 is 7.33. The van der Waals surface area contributed by atoms with E-state index in [1.807, 2.05) is 13.0 Å². The zero-order valence-corrected chi connectivity index (χ0v) is 12.3. The molecule has 1 heterocycles. The van der Waals surface area contributed by atoms with Crippen LogP contribution in [0, 0.1) is 6.92 Å². The van der Waals surface area contributed by atoms with E-state index in [-0.39, 0.29) is 0 Å². The van der Waals surface area contributed by atoms with Gasteiger partial charge in [-0.15, -0.1) is 11.3 Å². The van der Waals surface area contributed by atoms with Crippen LogP contribution < -0.4 is 4.74 Å². The predicted molar refractivity (Wildman–Crippen MR) is 75.2 cm³/mol. The van der Waals surface area contributed by atoms with Crippen molar-refractivity contribution in [1.82, 2.24) is 4.98 Å². The molecule has 0 amide bonds. The molecule has 0 fully saturated rings. The van der Waals surface area contributed by atoms with Crippen molar-refractivity contribution in [3.8, 4) is 16.3 Å². The maximum atomic E-state index is 11.6. The SMILES string of the molecule is COC(=O)c1nc(-c2ccc(Cl)cc2OC)sc1C. The van der Waals surface area contributed by atoms with Crippen molar-refractivity contribution in [2.24, 2.45) is 0 Å². The third kappa shape index (κ3) is 2.72. The van der Waals surface area contributed by atoms with Crippen LogP contribution in [0.25, 0.3) is 10.6 Å². The quantitative estimate of drug-likeness (QED) is 0.813. The second kappa shape index (κ2) is 5.59. The van der Waals surface area contributed by atoms with Gasteiger partial charge in [-0.25, -0.2) is 9.78 Å². The number of benzene rings is 1. The molecule has 0 atom stereocenters. The maximum Gasteiger partial charge on any atom is 0.357 e. The van der Waals surface area contributed by atoms with E-state index in [9.17, 15) is 4.79 Å². The summed E-state index contributed by atoms with van der Waals surface area (Å²) in [5.74, 6) is 0.186. The highest BCUT2D eigenvalue weighted by atomic mass is 35.5. The van der Waals surface area contributed by atoms with Crippen LogP contribution in [0.3, 0.4) is 0 Å². The van der Waals surface area contributed by atoms with Crippen LogP contribution in [0.15, 0.2) is 18.2 Å². The fraction of sp³-hybridized carbons (Fsp3) is 0.231. The van der Waals surface area contributed by atoms with Gasteiger partial charge in [0.2, 0.25) is 0 Å². The molecule has 1 aromatic heterocycles. The van der Waals surface area contributed by atoms with Crippen LogP contribution in [0.1, 0.15) is 15.4 Å². The molecule has 0 bridgehead atoms. The van der Waals surface area contributed by atoms with Crippen molar-refractivity contribution in [1.29, 1.82) is 0 Å². The number of esters is 1. The van der Waals surface area contributed by atoms with E-state index in [2.05, 4.69) is 4.98 Å². The molecule has 0 N–H and O–H groups in total. The highest BCUT2D eigenvalue weighted by Crippen LogP contribution is 2.35. The van der Waals surface area contributed by atoms with Crippen LogP contribution in [0.2, 0.25) is 5.02 Å². The second-order valence-corrected chi connectivity index (χ2v) is 5.40. The van der Waals surface area contributed by atoms with Crippen LogP contribution in [0.4, 0.5) is 0 Å². The first-order valence-corrected chi connectivity index (χ1v) is 6.66. The molecular formula is C13H12ClNO3S. The summed E-state index contributed by atoms with van der Waals surface area (Å²) in [6.07, 6.45) is 0. The van der Waals surface area contributed by atoms with Crippen LogP contribution in [-0.2, 0) is 4.74 Å². The standard InChI is InChI=1S/C13H12ClNO3S/c1-7-11(13(16)18-3)15-12(19-7)9-5-4-8(14)6-10(9)17-2/h4-6H,1-3H3. The number of aryl methyl sites for hydroxylation is 1. The molecule has 19 heavy (non-hydrogen) atoms. The summed E-state index contributed by atoms with van der Waals surface area (Å²) in [6.45, 7) is 1.83. The van der Waals surface area contributed by atoms with Gasteiger partial charge < -0.3 is 9.47 Å². The molecule has 100 valence electrons. The normalized spacial score (nSPS) is 10.3. The number of ether oxygens (including phenoxy) is 2. The summed E-state index contributed by atoms with van der Waals surface area (Å²) < 4.78 is 9.98. The number of thiazole rings is 1. The number of hydrogen-bond donors (Lipinski definition) is 0. The Labute approximate surface area is 120 Å². The first-order valence-electron chi connectivity index (χ1n) is 5.46. The highest BCUT2D eigenvalue weighted by Gasteiger charge is 2.18. The van der Waals surface area contributed by atoms with Crippen molar-refractivity contribution in [3.63, 3.8) is 0 Å². The molecule has 0 aliphatic rings. The smallest absolute Gasteiger partial charge is 0.357 e. The zero-order valence-electron chi connectivity index (χ0n) is 10.7. The summed E-state index contributed by atoms with van der Waals surface area (Å²) in [4.78, 5) is 16.7. The van der Waals surface area contributed by atoms with Gasteiger partial charge in [0.15, 0.2) is 5.69 Å². The van der Waals surface area contributed by atoms with Crippen LogP contribution >= 0.6 is 22.9 Å². The third-order valence-corrected chi connectivity index (χ3v) is 3.81. The molecule has 0 saturated carbocycles. The molecule has 0 spiro atoms. The fourth-order valence-corrected chi connectivity index (χ4v) is 2.73. The lowest BCUT2D eigenvalue weighted by Crippen LogP contribution is -2.03. The molecule has 2 rings (SSSR count). The minimum Gasteiger partial charge on any atom is -0.496 e. The Bertz CT molecular complexity index is 624. The van der Waals surface area contributed by atoms with Gasteiger partial charge in [-0.05, 0) is 25.1 Å². The van der Waals surface area contributed by atoms with Crippen molar-refractivity contribution in [3.05, 3.63) is 33.8 Å². The lowest BCUT2D eigenvalue weighted by Gasteiger charge is -2.05. The average Bonchev–Trinajstić information content (AvgIpc) is 2.79. The van der Waals surface area contributed by atoms with Gasteiger partial charge in [-0.2, -0.15) is 0 Å². The predicted octanol–water partition coefficient (Wildman–Crippen LogP) is 3.57. The number of methoxy groups -OCH3 is 2. The van der Waals surface area contributed by atoms with Gasteiger partial charge in [-0.1, -0.05) is 11.6 Å². The minimum atomic E-state index is -0.437. The number of nitrogens with zero attached hydrogens (tertiary/aromatic N) is 1. The summed E-state index contributed by atoms with van der Waals surface area (Å²) in [5, 5.41) is 1.29. The van der Waals surface area contributed by atoms with Crippen LogP contribution in [0.5, 0.6) is 5.75 Å². The Morgan fingerprint density at radius 1 is 1.37 bits per heavy atom. The van der Waals surface area contributed by atoms with Gasteiger partial charge >= 0.3 is 5.97 Å². The van der Waals surface area contributed by atoms with E-state index >= 15 is 0 Å². The van der Waals surface area contributed by atoms with Crippen LogP contribution in [-0.4, -0.2) is 25.2 Å². The molecule has 0 unspecified atom stereocenters. The Morgan fingerprint density at radius 3 is 2.74 bits per heavy atom. The van der Waals surface area contributed by atoms with E-state index in [1.165, 1.54) is 18.4 Å². The Balaban J connectivity index is 2.51. The number of carbonyl (C=O) groups excluding carboxylic acids is 1. The van der Waals surface area contributed by atoms with Gasteiger partial charge in [-0.3, -0.25) is 0 Å². The zero-order chi connectivity index (χ0) is 14.0. The number of hydrogen-bond acceptors (Lipinski definition) is 5. The molecule has 0 aliphatic heterocycles. The third-order valence-electron chi connectivity index (χ3n) is 2.57. The Morgan fingerprint density at radius 2 is 2.11 bits per heavy atom. The monoisotopic (exact) mass is 297 g/mol. The molecular weight excluding hydrogens is 286 g/mol. The maximum absolute atomic E-state index is 11.6. The van der Waals surface area contributed by atoms with Crippen molar-refractivity contribution in [2.45, 2.75) is 6.92 Å². The van der Waals surface area contributed by atoms with E-state index in [1.54, 1.807) is 19.2 Å². The fourth-order valence-electron chi connectivity index (χ4n) is 1.64. The molecule has 4 nitrogen and oxygen atoms in total. The summed E-state index contributed by atoms with van der Waals surface area (Å²) in [6, 6.07) is 5.29. The minimum absolute atomic E-state index is 0.333. The van der Waals surface area contributed by atoms with E-state index < -0.39 is 5.97 Å². The molecule has 2 aromatic rings. The van der Waals surface area contributed by atoms with E-state index in [0.29, 0.717) is 21.5 Å². The summed E-state index contributed by atoms with van der Waals surface area (Å²) in [5.41, 5.74) is 1.13. The number of carbonyl (C=O) groups is 1. The van der Waals surface area contributed by atoms with Crippen molar-refractivity contribution < 1.29 is 14.3 Å². The van der Waals surface area contributed by atoms with Gasteiger partial charge in [0.1, 0.15) is 10.8 Å². The Kier molecular flexibility index (Phi) is 4.07. The number of halogens is 1. The topological polar surface area (TPSA) is 48.4 Å². The van der Waals surface area contributed by atoms with Gasteiger partial charge in [0.05, 0.1) is 19.8 Å². The van der Waals surface area contributed by atoms with Crippen molar-refractivity contribution >= 4 is 28.9 Å². The van der Waals surface area contributed by atoms with E-state index in [0.717, 1.165) is 10.4 Å². The van der Waals surface area contributed by atoms with Crippen molar-refractivity contribution in [2.75, 3.05) is 14.2 Å². The lowest BCUT2D eigenvalue weighted by atomic mass is 10.2. The highest BCUT2D eigenvalue weighted by molar-refractivity contribution is 7.15. The lowest BCUT2D eigenvalue weighted by molar-refractivity contribution is 0.0594. The first-order chi connectivity index (χ1) is 9.06. The second-order valence-electron chi connectivity index (χ2n) is 3.76. The molecule has 0 aliphatic carbocycles. The largest absolute Gasteiger partial charge is 0.496 e. The van der Waals surface area contributed by atoms with E-state index in [4.69, 9.17) is 21.1 Å². The van der Waals surface area contributed by atoms with Gasteiger partial charge in [0, 0.05) is 9.90 Å². The molecule has 1 aromatic carbocycles. The number of aromatic nitrogens is 1. The molecule has 0 saturated heterocycles. The molecule has 0 radical (unpaired) electrons. The summed E-state index contributed by atoms with van der Waals surface area (Å²) in [7, 11) is 2.90. The first kappa shape index (κ1) is 13.8. The number of rotatable bonds is 3. The van der Waals surface area contributed by atoms with Gasteiger partial charge in [0.25, 0.3) is 0 Å².